The summed E-state index contributed by atoms with van der Waals surface area (Å²) in [5.41, 5.74) is 0. The van der Waals surface area contributed by atoms with Gasteiger partial charge in [0.05, 0.1) is 0 Å². The van der Waals surface area contributed by atoms with Crippen LogP contribution < -0.4 is 0 Å². The fourth-order valence-electron chi connectivity index (χ4n) is 8.98. The lowest BCUT2D eigenvalue weighted by Gasteiger charge is -2.18. The normalized spacial score (nSPS) is 11.9. The molecule has 6 nitrogen and oxygen atoms in total. The minimum atomic E-state index is -0.761. The summed E-state index contributed by atoms with van der Waals surface area (Å²) in [6.07, 6.45) is 59.4. The molecule has 0 aliphatic rings. The molecule has 0 aromatic carbocycles. The van der Waals surface area contributed by atoms with Crippen LogP contribution in [0.1, 0.15) is 335 Å². The van der Waals surface area contributed by atoms with Gasteiger partial charge >= 0.3 is 17.9 Å². The van der Waals surface area contributed by atoms with E-state index in [1.165, 1.54) is 238 Å². The number of esters is 3. The molecule has 0 saturated heterocycles. The molecule has 0 bridgehead atoms. The van der Waals surface area contributed by atoms with Gasteiger partial charge in [-0.2, -0.15) is 0 Å². The van der Waals surface area contributed by atoms with Gasteiger partial charge in [-0.1, -0.05) is 297 Å². The van der Waals surface area contributed by atoms with Crippen LogP contribution in [0, 0.1) is 0 Å². The van der Waals surface area contributed by atoms with E-state index < -0.39 is 6.10 Å². The number of carbonyl (C=O) groups is 3. The lowest BCUT2D eigenvalue weighted by atomic mass is 10.0. The number of ether oxygens (including phenoxy) is 3. The fraction of sp³-hybridized carbons (Fsp3) is 0.948. The van der Waals surface area contributed by atoms with Crippen molar-refractivity contribution in [2.75, 3.05) is 13.2 Å². The average molecular weight is 906 g/mol. The summed E-state index contributed by atoms with van der Waals surface area (Å²) in [6, 6.07) is 0. The van der Waals surface area contributed by atoms with E-state index in [1.54, 1.807) is 0 Å². The second kappa shape index (κ2) is 54.0. The van der Waals surface area contributed by atoms with Crippen LogP contribution in [0.15, 0.2) is 0 Å². The van der Waals surface area contributed by atoms with Crippen molar-refractivity contribution in [3.8, 4) is 0 Å². The number of unbranched alkanes of at least 4 members (excludes halogenated alkanes) is 43. The predicted molar refractivity (Wildman–Crippen MR) is 275 cm³/mol. The first kappa shape index (κ1) is 62.4. The Labute approximate surface area is 399 Å². The van der Waals surface area contributed by atoms with Crippen molar-refractivity contribution in [3.05, 3.63) is 0 Å². The topological polar surface area (TPSA) is 78.9 Å². The summed E-state index contributed by atoms with van der Waals surface area (Å²) >= 11 is 0. The molecule has 0 saturated carbocycles. The first-order chi connectivity index (χ1) is 31.5. The first-order valence-corrected chi connectivity index (χ1v) is 29.0. The van der Waals surface area contributed by atoms with Gasteiger partial charge < -0.3 is 14.2 Å². The first-order valence-electron chi connectivity index (χ1n) is 29.0. The standard InChI is InChI=1S/C58H112O6/c1-4-7-10-13-16-19-22-25-28-29-31-34-37-40-43-46-49-52-58(61)64-55(53-62-56(59)50-47-44-41-38-35-32-27-24-21-18-15-12-9-6-3)54-63-57(60)51-48-45-42-39-36-33-30-26-23-20-17-14-11-8-5-2/h55H,4-54H2,1-3H3/t55-/m1/s1. The van der Waals surface area contributed by atoms with E-state index in [4.69, 9.17) is 14.2 Å². The summed E-state index contributed by atoms with van der Waals surface area (Å²) in [5.74, 6) is -0.831. The monoisotopic (exact) mass is 905 g/mol. The van der Waals surface area contributed by atoms with Gasteiger partial charge in [0.25, 0.3) is 0 Å². The highest BCUT2D eigenvalue weighted by molar-refractivity contribution is 5.71. The maximum absolute atomic E-state index is 12.8. The second-order valence-electron chi connectivity index (χ2n) is 19.9. The third-order valence-corrected chi connectivity index (χ3v) is 13.4. The summed E-state index contributed by atoms with van der Waals surface area (Å²) in [4.78, 5) is 38.1. The molecular formula is C58H112O6. The third-order valence-electron chi connectivity index (χ3n) is 13.4. The molecule has 0 spiro atoms. The lowest BCUT2D eigenvalue weighted by Crippen LogP contribution is -2.30. The minimum Gasteiger partial charge on any atom is -0.462 e. The number of rotatable bonds is 54. The molecule has 6 heteroatoms. The Morgan fingerprint density at radius 3 is 0.625 bits per heavy atom. The third kappa shape index (κ3) is 51.4. The summed E-state index contributed by atoms with van der Waals surface area (Å²) in [6.45, 7) is 6.71. The average Bonchev–Trinajstić information content (AvgIpc) is 3.29. The van der Waals surface area contributed by atoms with E-state index in [1.807, 2.05) is 0 Å². The fourth-order valence-corrected chi connectivity index (χ4v) is 8.98. The highest BCUT2D eigenvalue weighted by Crippen LogP contribution is 2.18. The van der Waals surface area contributed by atoms with Gasteiger partial charge in [0.2, 0.25) is 0 Å². The molecular weight excluding hydrogens is 793 g/mol. The van der Waals surface area contributed by atoms with Crippen LogP contribution >= 0.6 is 0 Å². The van der Waals surface area contributed by atoms with E-state index in [-0.39, 0.29) is 31.1 Å². The summed E-state index contributed by atoms with van der Waals surface area (Å²) < 4.78 is 16.9. The van der Waals surface area contributed by atoms with Crippen molar-refractivity contribution in [1.29, 1.82) is 0 Å². The van der Waals surface area contributed by atoms with Crippen LogP contribution in [0.5, 0.6) is 0 Å². The zero-order chi connectivity index (χ0) is 46.5. The highest BCUT2D eigenvalue weighted by Gasteiger charge is 2.19. The van der Waals surface area contributed by atoms with Gasteiger partial charge in [0.1, 0.15) is 13.2 Å². The minimum absolute atomic E-state index is 0.0610. The molecule has 0 radical (unpaired) electrons. The van der Waals surface area contributed by atoms with Crippen LogP contribution in [0.2, 0.25) is 0 Å². The predicted octanol–water partition coefficient (Wildman–Crippen LogP) is 19.2. The molecule has 0 aliphatic heterocycles. The number of carbonyl (C=O) groups excluding carboxylic acids is 3. The zero-order valence-electron chi connectivity index (χ0n) is 43.6. The van der Waals surface area contributed by atoms with Gasteiger partial charge in [0, 0.05) is 19.3 Å². The molecule has 0 aromatic rings. The van der Waals surface area contributed by atoms with Crippen LogP contribution in [-0.4, -0.2) is 37.2 Å². The number of hydrogen-bond acceptors (Lipinski definition) is 6. The Kier molecular flexibility index (Phi) is 52.7. The van der Waals surface area contributed by atoms with Gasteiger partial charge in [-0.3, -0.25) is 14.4 Å². The summed E-state index contributed by atoms with van der Waals surface area (Å²) in [5, 5.41) is 0. The van der Waals surface area contributed by atoms with E-state index in [9.17, 15) is 14.4 Å². The van der Waals surface area contributed by atoms with Crippen molar-refractivity contribution >= 4 is 17.9 Å². The quantitative estimate of drug-likeness (QED) is 0.0344. The molecule has 380 valence electrons. The Morgan fingerprint density at radius 2 is 0.422 bits per heavy atom. The van der Waals surface area contributed by atoms with Crippen LogP contribution in [0.25, 0.3) is 0 Å². The van der Waals surface area contributed by atoms with Crippen molar-refractivity contribution in [2.45, 2.75) is 341 Å². The molecule has 0 fully saturated rings. The van der Waals surface area contributed by atoms with Gasteiger partial charge in [0.15, 0.2) is 6.10 Å². The van der Waals surface area contributed by atoms with Gasteiger partial charge in [-0.15, -0.1) is 0 Å². The van der Waals surface area contributed by atoms with Crippen molar-refractivity contribution in [2.24, 2.45) is 0 Å². The maximum atomic E-state index is 12.8. The highest BCUT2D eigenvalue weighted by atomic mass is 16.6. The molecule has 0 N–H and O–H groups in total. The van der Waals surface area contributed by atoms with Gasteiger partial charge in [-0.25, -0.2) is 0 Å². The molecule has 1 atom stereocenters. The Morgan fingerprint density at radius 1 is 0.250 bits per heavy atom. The smallest absolute Gasteiger partial charge is 0.306 e. The SMILES string of the molecule is CCCCCCCCCCCCCCCCCCCC(=O)O[C@H](COC(=O)CCCCCCCCCCCCCCCC)COC(=O)CCCCCCCCCCCCCCCCC. The Hall–Kier alpha value is -1.59. The molecule has 0 heterocycles. The molecule has 0 aromatic heterocycles. The van der Waals surface area contributed by atoms with Gasteiger partial charge in [-0.05, 0) is 19.3 Å². The largest absolute Gasteiger partial charge is 0.462 e. The van der Waals surface area contributed by atoms with E-state index in [2.05, 4.69) is 20.8 Å². The Balaban J connectivity index is 4.29. The van der Waals surface area contributed by atoms with E-state index >= 15 is 0 Å². The molecule has 0 amide bonds. The van der Waals surface area contributed by atoms with E-state index in [0.717, 1.165) is 57.8 Å². The molecule has 0 aliphatic carbocycles. The summed E-state index contributed by atoms with van der Waals surface area (Å²) in [7, 11) is 0. The maximum Gasteiger partial charge on any atom is 0.306 e. The zero-order valence-corrected chi connectivity index (χ0v) is 43.6. The van der Waals surface area contributed by atoms with Crippen molar-refractivity contribution in [3.63, 3.8) is 0 Å². The molecule has 0 rings (SSSR count). The van der Waals surface area contributed by atoms with Crippen molar-refractivity contribution in [1.82, 2.24) is 0 Å². The molecule has 64 heavy (non-hydrogen) atoms. The lowest BCUT2D eigenvalue weighted by molar-refractivity contribution is -0.167. The van der Waals surface area contributed by atoms with Crippen molar-refractivity contribution < 1.29 is 28.6 Å². The van der Waals surface area contributed by atoms with E-state index in [0.29, 0.717) is 19.3 Å². The Bertz CT molecular complexity index is 951. The number of hydrogen-bond donors (Lipinski definition) is 0. The second-order valence-corrected chi connectivity index (χ2v) is 19.9. The molecule has 0 unspecified atom stereocenters. The van der Waals surface area contributed by atoms with Crippen LogP contribution in [0.4, 0.5) is 0 Å². The van der Waals surface area contributed by atoms with Crippen LogP contribution in [-0.2, 0) is 28.6 Å². The van der Waals surface area contributed by atoms with Crippen LogP contribution in [0.3, 0.4) is 0 Å².